The van der Waals surface area contributed by atoms with Crippen molar-refractivity contribution >= 4 is 11.3 Å². The third-order valence-corrected chi connectivity index (χ3v) is 3.87. The lowest BCUT2D eigenvalue weighted by Crippen LogP contribution is -2.20. The van der Waals surface area contributed by atoms with Crippen molar-refractivity contribution in [3.05, 3.63) is 39.8 Å². The highest BCUT2D eigenvalue weighted by Gasteiger charge is 2.15. The predicted octanol–water partition coefficient (Wildman–Crippen LogP) is 2.73. The molecule has 0 amide bonds. The third kappa shape index (κ3) is 2.33. The topological polar surface area (TPSA) is 40.7 Å². The monoisotopic (exact) mass is 235 g/mol. The predicted molar refractivity (Wildman–Crippen MR) is 67.8 cm³/mol. The van der Waals surface area contributed by atoms with Gasteiger partial charge in [0.2, 0.25) is 0 Å². The van der Waals surface area contributed by atoms with Crippen LogP contribution in [-0.2, 0) is 6.42 Å². The molecule has 86 valence electrons. The molecule has 2 aromatic heterocycles. The largest absolute Gasteiger partial charge is 0.306 e. The molecule has 16 heavy (non-hydrogen) atoms. The molecular weight excluding hydrogens is 218 g/mol. The van der Waals surface area contributed by atoms with Gasteiger partial charge in [0.25, 0.3) is 0 Å². The SMILES string of the molecule is CCNC(c1cn[nH]c1)c1ccc(CC)s1. The Labute approximate surface area is 99.9 Å². The summed E-state index contributed by atoms with van der Waals surface area (Å²) in [6, 6.07) is 4.70. The number of hydrogen-bond donors (Lipinski definition) is 2. The quantitative estimate of drug-likeness (QED) is 0.836. The normalized spacial score (nSPS) is 12.9. The summed E-state index contributed by atoms with van der Waals surface area (Å²) >= 11 is 1.87. The molecule has 0 aromatic carbocycles. The van der Waals surface area contributed by atoms with Gasteiger partial charge in [-0.2, -0.15) is 5.10 Å². The van der Waals surface area contributed by atoms with Crippen molar-refractivity contribution in [3.8, 4) is 0 Å². The first-order chi connectivity index (χ1) is 7.85. The number of thiophene rings is 1. The molecule has 1 atom stereocenters. The lowest BCUT2D eigenvalue weighted by Gasteiger charge is -2.14. The number of nitrogens with zero attached hydrogens (tertiary/aromatic N) is 1. The molecule has 0 saturated heterocycles. The van der Waals surface area contributed by atoms with Crippen molar-refractivity contribution in [2.45, 2.75) is 26.3 Å². The van der Waals surface area contributed by atoms with Crippen LogP contribution in [0.25, 0.3) is 0 Å². The van der Waals surface area contributed by atoms with E-state index >= 15 is 0 Å². The molecule has 3 nitrogen and oxygen atoms in total. The van der Waals surface area contributed by atoms with Gasteiger partial charge in [-0.1, -0.05) is 13.8 Å². The summed E-state index contributed by atoms with van der Waals surface area (Å²) in [6.07, 6.45) is 4.95. The molecular formula is C12H17N3S. The Morgan fingerprint density at radius 1 is 1.44 bits per heavy atom. The van der Waals surface area contributed by atoms with Crippen molar-refractivity contribution in [1.82, 2.24) is 15.5 Å². The Morgan fingerprint density at radius 3 is 2.88 bits per heavy atom. The molecule has 0 bridgehead atoms. The van der Waals surface area contributed by atoms with Gasteiger partial charge in [-0.3, -0.25) is 5.10 Å². The fourth-order valence-electron chi connectivity index (χ4n) is 1.75. The van der Waals surface area contributed by atoms with E-state index in [0.717, 1.165) is 13.0 Å². The van der Waals surface area contributed by atoms with Crippen molar-refractivity contribution in [3.63, 3.8) is 0 Å². The van der Waals surface area contributed by atoms with Gasteiger partial charge in [0, 0.05) is 21.5 Å². The summed E-state index contributed by atoms with van der Waals surface area (Å²) in [5, 5.41) is 10.4. The Balaban J connectivity index is 2.25. The van der Waals surface area contributed by atoms with Gasteiger partial charge >= 0.3 is 0 Å². The van der Waals surface area contributed by atoms with Crippen LogP contribution in [0.15, 0.2) is 24.5 Å². The van der Waals surface area contributed by atoms with Crippen LogP contribution in [0.3, 0.4) is 0 Å². The maximum Gasteiger partial charge on any atom is 0.0701 e. The van der Waals surface area contributed by atoms with Crippen LogP contribution in [0.4, 0.5) is 0 Å². The number of aromatic amines is 1. The summed E-state index contributed by atoms with van der Waals surface area (Å²) in [4.78, 5) is 2.79. The molecule has 1 unspecified atom stereocenters. The van der Waals surface area contributed by atoms with Crippen LogP contribution in [0.1, 0.15) is 35.2 Å². The molecule has 0 aliphatic rings. The zero-order valence-corrected chi connectivity index (χ0v) is 10.5. The second kappa shape index (κ2) is 5.27. The maximum atomic E-state index is 4.02. The third-order valence-electron chi connectivity index (χ3n) is 2.58. The second-order valence-electron chi connectivity index (χ2n) is 3.68. The fourth-order valence-corrected chi connectivity index (χ4v) is 2.80. The molecule has 0 fully saturated rings. The van der Waals surface area contributed by atoms with Gasteiger partial charge in [-0.15, -0.1) is 11.3 Å². The number of aryl methyl sites for hydroxylation is 1. The van der Waals surface area contributed by atoms with Gasteiger partial charge in [0.1, 0.15) is 0 Å². The maximum absolute atomic E-state index is 4.02. The molecule has 0 spiro atoms. The Morgan fingerprint density at radius 2 is 2.31 bits per heavy atom. The van der Waals surface area contributed by atoms with Gasteiger partial charge in [0.15, 0.2) is 0 Å². The van der Waals surface area contributed by atoms with Crippen molar-refractivity contribution in [2.75, 3.05) is 6.54 Å². The molecule has 2 heterocycles. The zero-order chi connectivity index (χ0) is 11.4. The molecule has 0 aliphatic carbocycles. The number of aromatic nitrogens is 2. The van der Waals surface area contributed by atoms with E-state index in [9.17, 15) is 0 Å². The van der Waals surface area contributed by atoms with Gasteiger partial charge < -0.3 is 5.32 Å². The smallest absolute Gasteiger partial charge is 0.0701 e. The van der Waals surface area contributed by atoms with Crippen LogP contribution in [0, 0.1) is 0 Å². The summed E-state index contributed by atoms with van der Waals surface area (Å²) < 4.78 is 0. The van der Waals surface area contributed by atoms with Gasteiger partial charge in [0.05, 0.1) is 12.2 Å². The van der Waals surface area contributed by atoms with E-state index in [1.54, 1.807) is 0 Å². The number of rotatable bonds is 5. The zero-order valence-electron chi connectivity index (χ0n) is 9.66. The molecule has 0 aliphatic heterocycles. The summed E-state index contributed by atoms with van der Waals surface area (Å²) in [6.45, 7) is 5.27. The number of H-pyrrole nitrogens is 1. The highest BCUT2D eigenvalue weighted by atomic mass is 32.1. The van der Waals surface area contributed by atoms with E-state index in [1.807, 2.05) is 23.7 Å². The molecule has 2 N–H and O–H groups in total. The second-order valence-corrected chi connectivity index (χ2v) is 4.88. The van der Waals surface area contributed by atoms with Crippen LogP contribution in [-0.4, -0.2) is 16.7 Å². The summed E-state index contributed by atoms with van der Waals surface area (Å²) in [5.74, 6) is 0. The van der Waals surface area contributed by atoms with Crippen LogP contribution >= 0.6 is 11.3 Å². The highest BCUT2D eigenvalue weighted by Crippen LogP contribution is 2.28. The van der Waals surface area contributed by atoms with Crippen LogP contribution < -0.4 is 5.32 Å². The van der Waals surface area contributed by atoms with Crippen molar-refractivity contribution in [1.29, 1.82) is 0 Å². The molecule has 0 radical (unpaired) electrons. The Bertz CT molecular complexity index is 419. The van der Waals surface area contributed by atoms with Crippen molar-refractivity contribution < 1.29 is 0 Å². The number of hydrogen-bond acceptors (Lipinski definition) is 3. The van der Waals surface area contributed by atoms with E-state index in [0.29, 0.717) is 0 Å². The fraction of sp³-hybridized carbons (Fsp3) is 0.417. The van der Waals surface area contributed by atoms with Crippen LogP contribution in [0.2, 0.25) is 0 Å². The molecule has 4 heteroatoms. The summed E-state index contributed by atoms with van der Waals surface area (Å²) in [5.41, 5.74) is 1.20. The molecule has 2 rings (SSSR count). The Kier molecular flexibility index (Phi) is 3.74. The first kappa shape index (κ1) is 11.4. The van der Waals surface area contributed by atoms with E-state index in [2.05, 4.69) is 41.5 Å². The lowest BCUT2D eigenvalue weighted by atomic mass is 10.1. The lowest BCUT2D eigenvalue weighted by molar-refractivity contribution is 0.640. The van der Waals surface area contributed by atoms with E-state index in [-0.39, 0.29) is 6.04 Å². The molecule has 0 saturated carbocycles. The first-order valence-corrected chi connectivity index (χ1v) is 6.47. The van der Waals surface area contributed by atoms with Crippen molar-refractivity contribution in [2.24, 2.45) is 0 Å². The summed E-state index contributed by atoms with van der Waals surface area (Å²) in [7, 11) is 0. The van der Waals surface area contributed by atoms with Gasteiger partial charge in [-0.05, 0) is 25.1 Å². The van der Waals surface area contributed by atoms with E-state index in [1.165, 1.54) is 15.3 Å². The standard InChI is InChI=1S/C12H17N3S/c1-3-10-5-6-11(16-10)12(13-4-2)9-7-14-15-8-9/h5-8,12-13H,3-4H2,1-2H3,(H,14,15). The van der Waals surface area contributed by atoms with Crippen LogP contribution in [0.5, 0.6) is 0 Å². The average Bonchev–Trinajstić information content (AvgIpc) is 2.97. The Hall–Kier alpha value is -1.13. The minimum absolute atomic E-state index is 0.272. The van der Waals surface area contributed by atoms with E-state index in [4.69, 9.17) is 0 Å². The molecule has 2 aromatic rings. The minimum Gasteiger partial charge on any atom is -0.306 e. The average molecular weight is 235 g/mol. The van der Waals surface area contributed by atoms with E-state index < -0.39 is 0 Å². The highest BCUT2D eigenvalue weighted by molar-refractivity contribution is 7.12. The van der Waals surface area contributed by atoms with Gasteiger partial charge in [-0.25, -0.2) is 0 Å². The number of nitrogens with one attached hydrogen (secondary N) is 2. The first-order valence-electron chi connectivity index (χ1n) is 5.65. The minimum atomic E-state index is 0.272.